The second-order valence-electron chi connectivity index (χ2n) is 6.75. The van der Waals surface area contributed by atoms with Crippen LogP contribution in [-0.4, -0.2) is 28.2 Å². The monoisotopic (exact) mass is 370 g/mol. The molecule has 0 bridgehead atoms. The van der Waals surface area contributed by atoms with Crippen LogP contribution in [0.25, 0.3) is 0 Å². The predicted octanol–water partition coefficient (Wildman–Crippen LogP) is 4.03. The SMILES string of the molecule is COc1ccc(C2CC(=O)c3c(O)cc(O)c(CC=C(C)C)c3O2)cc1O. The average Bonchev–Trinajstić information content (AvgIpc) is 2.60. The highest BCUT2D eigenvalue weighted by atomic mass is 16.5. The van der Waals surface area contributed by atoms with E-state index in [1.165, 1.54) is 19.2 Å². The minimum atomic E-state index is -0.645. The van der Waals surface area contributed by atoms with Gasteiger partial charge in [0.05, 0.1) is 13.5 Å². The van der Waals surface area contributed by atoms with Crippen molar-refractivity contribution in [1.82, 2.24) is 0 Å². The molecule has 0 aliphatic carbocycles. The van der Waals surface area contributed by atoms with Gasteiger partial charge in [-0.05, 0) is 38.0 Å². The summed E-state index contributed by atoms with van der Waals surface area (Å²) in [6.45, 7) is 3.86. The Balaban J connectivity index is 2.06. The first-order chi connectivity index (χ1) is 12.8. The largest absolute Gasteiger partial charge is 0.507 e. The highest BCUT2D eigenvalue weighted by Gasteiger charge is 2.33. The number of aromatic hydroxyl groups is 3. The molecular formula is C21H22O6. The van der Waals surface area contributed by atoms with E-state index >= 15 is 0 Å². The number of carbonyl (C=O) groups is 1. The summed E-state index contributed by atoms with van der Waals surface area (Å²) >= 11 is 0. The molecule has 0 spiro atoms. The van der Waals surface area contributed by atoms with Gasteiger partial charge in [-0.2, -0.15) is 0 Å². The molecule has 0 fully saturated rings. The van der Waals surface area contributed by atoms with Gasteiger partial charge in [0.2, 0.25) is 0 Å². The zero-order valence-corrected chi connectivity index (χ0v) is 15.4. The molecule has 1 heterocycles. The molecule has 3 rings (SSSR count). The van der Waals surface area contributed by atoms with Crippen LogP contribution in [0.4, 0.5) is 0 Å². The molecule has 2 aromatic carbocycles. The quantitative estimate of drug-likeness (QED) is 0.703. The van der Waals surface area contributed by atoms with Crippen molar-refractivity contribution in [2.24, 2.45) is 0 Å². The lowest BCUT2D eigenvalue weighted by Crippen LogP contribution is -2.21. The molecule has 2 aromatic rings. The van der Waals surface area contributed by atoms with E-state index in [2.05, 4.69) is 0 Å². The number of phenolic OH excluding ortho intramolecular Hbond substituents is 3. The maximum Gasteiger partial charge on any atom is 0.174 e. The number of fused-ring (bicyclic) bond motifs is 1. The van der Waals surface area contributed by atoms with E-state index in [-0.39, 0.29) is 40.8 Å². The lowest BCUT2D eigenvalue weighted by Gasteiger charge is -2.28. The van der Waals surface area contributed by atoms with Crippen molar-refractivity contribution in [1.29, 1.82) is 0 Å². The van der Waals surface area contributed by atoms with Gasteiger partial charge < -0.3 is 24.8 Å². The Morgan fingerprint density at radius 3 is 2.56 bits per heavy atom. The molecule has 27 heavy (non-hydrogen) atoms. The number of ketones is 1. The van der Waals surface area contributed by atoms with E-state index in [0.29, 0.717) is 23.3 Å². The first-order valence-electron chi connectivity index (χ1n) is 8.59. The van der Waals surface area contributed by atoms with Crippen molar-refractivity contribution in [3.05, 3.63) is 52.6 Å². The Morgan fingerprint density at radius 2 is 1.93 bits per heavy atom. The summed E-state index contributed by atoms with van der Waals surface area (Å²) in [5.41, 5.74) is 2.18. The van der Waals surface area contributed by atoms with Crippen LogP contribution in [0.2, 0.25) is 0 Å². The highest BCUT2D eigenvalue weighted by molar-refractivity contribution is 6.03. The number of Topliss-reactive ketones (excluding diaryl/α,β-unsaturated/α-hetero) is 1. The number of hydrogen-bond acceptors (Lipinski definition) is 6. The van der Waals surface area contributed by atoms with Gasteiger partial charge in [0.25, 0.3) is 0 Å². The second-order valence-corrected chi connectivity index (χ2v) is 6.75. The van der Waals surface area contributed by atoms with Gasteiger partial charge in [0.15, 0.2) is 17.3 Å². The lowest BCUT2D eigenvalue weighted by molar-refractivity contribution is 0.0842. The van der Waals surface area contributed by atoms with Crippen molar-refractivity contribution in [3.63, 3.8) is 0 Å². The van der Waals surface area contributed by atoms with Gasteiger partial charge in [-0.15, -0.1) is 0 Å². The second kappa shape index (κ2) is 7.23. The Labute approximate surface area is 157 Å². The van der Waals surface area contributed by atoms with Crippen LogP contribution in [0.1, 0.15) is 47.9 Å². The van der Waals surface area contributed by atoms with Crippen LogP contribution in [0.15, 0.2) is 35.9 Å². The van der Waals surface area contributed by atoms with Crippen LogP contribution in [0, 0.1) is 0 Å². The summed E-state index contributed by atoms with van der Waals surface area (Å²) in [5, 5.41) is 30.4. The van der Waals surface area contributed by atoms with Crippen LogP contribution in [0.3, 0.4) is 0 Å². The van der Waals surface area contributed by atoms with Gasteiger partial charge in [-0.3, -0.25) is 4.79 Å². The summed E-state index contributed by atoms with van der Waals surface area (Å²) in [6.07, 6.45) is 1.64. The first kappa shape index (κ1) is 18.6. The molecule has 3 N–H and O–H groups in total. The average molecular weight is 370 g/mol. The van der Waals surface area contributed by atoms with Crippen LogP contribution >= 0.6 is 0 Å². The van der Waals surface area contributed by atoms with Crippen LogP contribution in [0.5, 0.6) is 28.7 Å². The molecule has 1 aliphatic heterocycles. The Hall–Kier alpha value is -3.15. The molecule has 142 valence electrons. The molecule has 0 radical (unpaired) electrons. The molecule has 1 atom stereocenters. The fourth-order valence-electron chi connectivity index (χ4n) is 3.12. The minimum Gasteiger partial charge on any atom is -0.507 e. The van der Waals surface area contributed by atoms with Crippen molar-refractivity contribution in [2.75, 3.05) is 7.11 Å². The smallest absolute Gasteiger partial charge is 0.174 e. The maximum absolute atomic E-state index is 12.7. The van der Waals surface area contributed by atoms with Crippen molar-refractivity contribution >= 4 is 5.78 Å². The Morgan fingerprint density at radius 1 is 1.19 bits per heavy atom. The molecule has 0 aromatic heterocycles. The van der Waals surface area contributed by atoms with Gasteiger partial charge >= 0.3 is 0 Å². The summed E-state index contributed by atoms with van der Waals surface area (Å²) < 4.78 is 11.1. The number of hydrogen-bond donors (Lipinski definition) is 3. The molecule has 6 nitrogen and oxygen atoms in total. The summed E-state index contributed by atoms with van der Waals surface area (Å²) in [5.74, 6) is -0.269. The van der Waals surface area contributed by atoms with Gasteiger partial charge in [0.1, 0.15) is 28.9 Å². The van der Waals surface area contributed by atoms with E-state index in [9.17, 15) is 20.1 Å². The van der Waals surface area contributed by atoms with E-state index in [1.54, 1.807) is 12.1 Å². The lowest BCUT2D eigenvalue weighted by atomic mass is 9.92. The third-order valence-electron chi connectivity index (χ3n) is 4.54. The summed E-state index contributed by atoms with van der Waals surface area (Å²) in [4.78, 5) is 12.7. The number of phenols is 3. The Bertz CT molecular complexity index is 925. The third-order valence-corrected chi connectivity index (χ3v) is 4.54. The zero-order chi connectivity index (χ0) is 19.7. The fourth-order valence-corrected chi connectivity index (χ4v) is 3.12. The fraction of sp³-hybridized carbons (Fsp3) is 0.286. The topological polar surface area (TPSA) is 96.2 Å². The molecular weight excluding hydrogens is 348 g/mol. The van der Waals surface area contributed by atoms with Crippen molar-refractivity contribution in [3.8, 4) is 28.7 Å². The van der Waals surface area contributed by atoms with Crippen LogP contribution in [-0.2, 0) is 6.42 Å². The maximum atomic E-state index is 12.7. The molecule has 1 aliphatic rings. The standard InChI is InChI=1S/C21H22O6/c1-11(2)4-6-13-14(22)9-16(24)20-17(25)10-19(27-21(13)20)12-5-7-18(26-3)15(23)8-12/h4-5,7-9,19,22-24H,6,10H2,1-3H3. The van der Waals surface area contributed by atoms with Gasteiger partial charge in [0, 0.05) is 11.6 Å². The molecule has 6 heteroatoms. The number of ether oxygens (including phenoxy) is 2. The predicted molar refractivity (Wildman–Crippen MR) is 99.9 cm³/mol. The number of allylic oxidation sites excluding steroid dienone is 2. The normalized spacial score (nSPS) is 15.7. The molecule has 0 amide bonds. The molecule has 0 saturated heterocycles. The first-order valence-corrected chi connectivity index (χ1v) is 8.59. The zero-order valence-electron chi connectivity index (χ0n) is 15.4. The molecule has 1 unspecified atom stereocenters. The number of carbonyl (C=O) groups excluding carboxylic acids is 1. The van der Waals surface area contributed by atoms with E-state index in [4.69, 9.17) is 9.47 Å². The van der Waals surface area contributed by atoms with E-state index in [1.807, 2.05) is 19.9 Å². The third kappa shape index (κ3) is 3.56. The number of rotatable bonds is 4. The minimum absolute atomic E-state index is 0.0131. The van der Waals surface area contributed by atoms with Crippen molar-refractivity contribution in [2.45, 2.75) is 32.8 Å². The van der Waals surface area contributed by atoms with Gasteiger partial charge in [-0.1, -0.05) is 17.7 Å². The van der Waals surface area contributed by atoms with Crippen molar-refractivity contribution < 1.29 is 29.6 Å². The molecule has 0 saturated carbocycles. The van der Waals surface area contributed by atoms with Crippen LogP contribution < -0.4 is 9.47 Å². The van der Waals surface area contributed by atoms with Gasteiger partial charge in [-0.25, -0.2) is 0 Å². The van der Waals surface area contributed by atoms with E-state index < -0.39 is 6.10 Å². The number of benzene rings is 2. The summed E-state index contributed by atoms with van der Waals surface area (Å²) in [6, 6.07) is 5.96. The summed E-state index contributed by atoms with van der Waals surface area (Å²) in [7, 11) is 1.45. The highest BCUT2D eigenvalue weighted by Crippen LogP contribution is 2.46. The Kier molecular flexibility index (Phi) is 4.99. The number of methoxy groups -OCH3 is 1. The van der Waals surface area contributed by atoms with E-state index in [0.717, 1.165) is 5.57 Å².